The number of halogens is 5. The number of Topliss-reactive ketones (excluding diaryl/α,β-unsaturated/α-hetero) is 1. The monoisotopic (exact) mass is 473 g/mol. The van der Waals surface area contributed by atoms with Crippen molar-refractivity contribution in [3.05, 3.63) is 29.3 Å². The van der Waals surface area contributed by atoms with Crippen LogP contribution in [0.4, 0.5) is 27.6 Å². The van der Waals surface area contributed by atoms with Crippen molar-refractivity contribution in [1.82, 2.24) is 0 Å². The van der Waals surface area contributed by atoms with Crippen LogP contribution in [0.1, 0.15) is 80.1 Å². The Morgan fingerprint density at radius 2 is 1.67 bits per heavy atom. The molecule has 186 valence electrons. The fourth-order valence-electron chi connectivity index (χ4n) is 3.19. The summed E-state index contributed by atoms with van der Waals surface area (Å²) < 4.78 is 66.6. The molecular weight excluding hydrogens is 437 g/mol. The molecule has 0 aliphatic heterocycles. The molecule has 1 saturated carbocycles. The van der Waals surface area contributed by atoms with Crippen LogP contribution >= 0.6 is 0 Å². The minimum absolute atomic E-state index is 0. The van der Waals surface area contributed by atoms with E-state index in [2.05, 4.69) is 38.6 Å². The van der Waals surface area contributed by atoms with Gasteiger partial charge in [-0.2, -0.15) is 0 Å². The predicted molar refractivity (Wildman–Crippen MR) is 125 cm³/mol. The molecule has 1 aliphatic rings. The van der Waals surface area contributed by atoms with Gasteiger partial charge in [0.25, 0.3) is 5.92 Å². The number of alkyl halides is 3. The molecule has 33 heavy (non-hydrogen) atoms. The van der Waals surface area contributed by atoms with E-state index in [1.165, 1.54) is 0 Å². The van der Waals surface area contributed by atoms with Gasteiger partial charge in [-0.1, -0.05) is 33.6 Å². The molecule has 1 fully saturated rings. The van der Waals surface area contributed by atoms with E-state index in [1.54, 1.807) is 6.92 Å². The highest BCUT2D eigenvalue weighted by atomic mass is 19.3. The first kappa shape index (κ1) is 28.8. The fraction of sp³-hybridized carbons (Fsp3) is 0.615. The van der Waals surface area contributed by atoms with Gasteiger partial charge in [-0.25, -0.2) is 26.9 Å². The molecule has 0 amide bonds. The lowest BCUT2D eigenvalue weighted by Crippen LogP contribution is -2.60. The molecule has 1 aromatic carbocycles. The molecule has 0 spiro atoms. The molecular formula is C26H36F5NO. The summed E-state index contributed by atoms with van der Waals surface area (Å²) in [7, 11) is 0. The number of nitrogens with zero attached hydrogens (tertiary/aromatic N) is 1. The van der Waals surface area contributed by atoms with Gasteiger partial charge in [0.05, 0.1) is 11.4 Å². The number of carbonyl (C=O) groups is 1. The first-order valence-corrected chi connectivity index (χ1v) is 11.1. The number of hydrogen-bond acceptors (Lipinski definition) is 2. The van der Waals surface area contributed by atoms with Crippen LogP contribution < -0.4 is 0 Å². The van der Waals surface area contributed by atoms with E-state index in [0.29, 0.717) is 36.0 Å². The van der Waals surface area contributed by atoms with Crippen LogP contribution in [-0.4, -0.2) is 23.1 Å². The van der Waals surface area contributed by atoms with Crippen LogP contribution in [0.5, 0.6) is 0 Å². The van der Waals surface area contributed by atoms with Gasteiger partial charge in [-0.15, -0.1) is 6.42 Å². The van der Waals surface area contributed by atoms with Crippen LogP contribution in [0.15, 0.2) is 17.1 Å². The minimum atomic E-state index is -3.37. The van der Waals surface area contributed by atoms with E-state index in [4.69, 9.17) is 6.42 Å². The summed E-state index contributed by atoms with van der Waals surface area (Å²) in [5.41, 5.74) is -1.13. The van der Waals surface area contributed by atoms with Crippen molar-refractivity contribution in [3.8, 4) is 12.3 Å². The topological polar surface area (TPSA) is 29.4 Å². The van der Waals surface area contributed by atoms with Crippen LogP contribution in [0.2, 0.25) is 0 Å². The number of rotatable bonds is 8. The Bertz CT molecular complexity index is 907. The molecule has 1 aromatic rings. The van der Waals surface area contributed by atoms with Gasteiger partial charge in [0.15, 0.2) is 17.3 Å². The molecule has 0 heterocycles. The number of terminal acetylenes is 1. The lowest BCUT2D eigenvalue weighted by atomic mass is 9.66. The predicted octanol–water partition coefficient (Wildman–Crippen LogP) is 8.18. The molecule has 2 unspecified atom stereocenters. The Kier molecular flexibility index (Phi) is 9.83. The highest BCUT2D eigenvalue weighted by Gasteiger charge is 2.66. The number of aryl methyl sites for hydroxylation is 1. The average molecular weight is 474 g/mol. The summed E-state index contributed by atoms with van der Waals surface area (Å²) in [5.74, 6) is -4.18. The lowest BCUT2D eigenvalue weighted by molar-refractivity contribution is -0.242. The first-order chi connectivity index (χ1) is 15.0. The van der Waals surface area contributed by atoms with E-state index >= 15 is 0 Å². The van der Waals surface area contributed by atoms with Crippen molar-refractivity contribution in [3.63, 3.8) is 0 Å². The molecule has 0 N–H and O–H groups in total. The molecule has 0 saturated heterocycles. The second kappa shape index (κ2) is 11.3. The summed E-state index contributed by atoms with van der Waals surface area (Å²) in [6, 6.07) is 2.00. The van der Waals surface area contributed by atoms with E-state index < -0.39 is 35.6 Å². The summed E-state index contributed by atoms with van der Waals surface area (Å²) in [4.78, 5) is 16.1. The lowest BCUT2D eigenvalue weighted by Gasteiger charge is -2.47. The summed E-state index contributed by atoms with van der Waals surface area (Å²) in [6.45, 7) is 11.2. The smallest absolute Gasteiger partial charge is 0.281 e. The SMILES string of the molecule is C#CC(CCCCC(=O)CC1CC(F)(F)C1(C)F)=Nc1cc(F)c(F)cc1C.CC(C)(C)C.[HH]. The summed E-state index contributed by atoms with van der Waals surface area (Å²) in [5, 5.41) is 0. The van der Waals surface area contributed by atoms with Gasteiger partial charge in [0.1, 0.15) is 5.78 Å². The van der Waals surface area contributed by atoms with Crippen molar-refractivity contribution in [1.29, 1.82) is 0 Å². The van der Waals surface area contributed by atoms with Crippen LogP contribution in [0.25, 0.3) is 0 Å². The van der Waals surface area contributed by atoms with Crippen molar-refractivity contribution in [2.45, 2.75) is 91.7 Å². The molecule has 2 nitrogen and oxygen atoms in total. The maximum atomic E-state index is 13.9. The molecule has 1 aliphatic carbocycles. The van der Waals surface area contributed by atoms with Crippen molar-refractivity contribution >= 4 is 17.2 Å². The Balaban J connectivity index is 0.00000164. The number of hydrogen-bond donors (Lipinski definition) is 0. The number of benzene rings is 1. The van der Waals surface area contributed by atoms with Crippen molar-refractivity contribution < 1.29 is 28.2 Å². The van der Waals surface area contributed by atoms with Gasteiger partial charge in [0.2, 0.25) is 0 Å². The zero-order valence-electron chi connectivity index (χ0n) is 20.3. The van der Waals surface area contributed by atoms with E-state index in [0.717, 1.165) is 19.1 Å². The average Bonchev–Trinajstić information content (AvgIpc) is 2.66. The third kappa shape index (κ3) is 8.91. The summed E-state index contributed by atoms with van der Waals surface area (Å²) in [6.07, 6.45) is 6.04. The molecule has 0 radical (unpaired) electrons. The standard InChI is InChI=1S/C21H22F5NO.C5H12.H2/c1-4-15(27-19-11-18(23)17(22)9-13(19)2)7-5-6-8-16(28)10-14-12-21(25,26)20(14,3)24;1-5(2,3)4;/h1,9,11,14H,5-8,10,12H2,2-3H3;1-4H3;1H. The quantitative estimate of drug-likeness (QED) is 0.162. The number of unbranched alkanes of at least 4 members (excludes halogenated alkanes) is 1. The molecule has 2 rings (SSSR count). The highest BCUT2D eigenvalue weighted by molar-refractivity contribution is 6.01. The fourth-order valence-corrected chi connectivity index (χ4v) is 3.19. The summed E-state index contributed by atoms with van der Waals surface area (Å²) >= 11 is 0. The maximum absolute atomic E-state index is 13.9. The Labute approximate surface area is 195 Å². The first-order valence-electron chi connectivity index (χ1n) is 11.1. The van der Waals surface area contributed by atoms with Crippen LogP contribution in [0, 0.1) is 42.2 Å². The molecule has 2 atom stereocenters. The minimum Gasteiger partial charge on any atom is -0.300 e. The van der Waals surface area contributed by atoms with E-state index in [9.17, 15) is 26.7 Å². The second-order valence-electron chi connectivity index (χ2n) is 10.4. The Morgan fingerprint density at radius 3 is 2.15 bits per heavy atom. The number of aliphatic imine (C=N–C) groups is 1. The van der Waals surface area contributed by atoms with Crippen molar-refractivity contribution in [2.75, 3.05) is 0 Å². The largest absolute Gasteiger partial charge is 0.300 e. The van der Waals surface area contributed by atoms with Crippen LogP contribution in [-0.2, 0) is 4.79 Å². The Hall–Kier alpha value is -2.23. The van der Waals surface area contributed by atoms with Gasteiger partial charge in [0, 0.05) is 32.7 Å². The van der Waals surface area contributed by atoms with Gasteiger partial charge in [-0.05, 0) is 50.2 Å². The van der Waals surface area contributed by atoms with Crippen molar-refractivity contribution in [2.24, 2.45) is 16.3 Å². The molecule has 0 aromatic heterocycles. The third-order valence-corrected chi connectivity index (χ3v) is 5.24. The maximum Gasteiger partial charge on any atom is 0.281 e. The normalized spacial score (nSPS) is 22.0. The van der Waals surface area contributed by atoms with E-state index in [-0.39, 0.29) is 25.7 Å². The highest BCUT2D eigenvalue weighted by Crippen LogP contribution is 2.55. The van der Waals surface area contributed by atoms with Gasteiger partial charge < -0.3 is 0 Å². The zero-order chi connectivity index (χ0) is 25.6. The van der Waals surface area contributed by atoms with Gasteiger partial charge in [-0.3, -0.25) is 4.79 Å². The Morgan fingerprint density at radius 1 is 1.15 bits per heavy atom. The molecule has 0 bridgehead atoms. The number of ketones is 1. The van der Waals surface area contributed by atoms with Gasteiger partial charge >= 0.3 is 0 Å². The van der Waals surface area contributed by atoms with Crippen LogP contribution in [0.3, 0.4) is 0 Å². The molecule has 7 heteroatoms. The zero-order valence-corrected chi connectivity index (χ0v) is 20.3. The van der Waals surface area contributed by atoms with E-state index in [1.807, 2.05) is 0 Å². The number of carbonyl (C=O) groups excluding carboxylic acids is 1. The second-order valence-corrected chi connectivity index (χ2v) is 10.4. The third-order valence-electron chi connectivity index (χ3n) is 5.24.